The number of piperazine rings is 1. The van der Waals surface area contributed by atoms with Crippen molar-refractivity contribution in [2.75, 3.05) is 33.3 Å². The Bertz CT molecular complexity index is 1280. The van der Waals surface area contributed by atoms with Crippen molar-refractivity contribution in [3.05, 3.63) is 95.3 Å². The molecule has 2 heterocycles. The van der Waals surface area contributed by atoms with Gasteiger partial charge in [-0.05, 0) is 36.4 Å². The molecule has 1 aromatic heterocycles. The van der Waals surface area contributed by atoms with E-state index in [4.69, 9.17) is 9.72 Å². The van der Waals surface area contributed by atoms with Gasteiger partial charge < -0.3 is 9.30 Å². The lowest BCUT2D eigenvalue weighted by Gasteiger charge is -2.34. The highest BCUT2D eigenvalue weighted by Crippen LogP contribution is 2.22. The van der Waals surface area contributed by atoms with Crippen molar-refractivity contribution in [1.82, 2.24) is 19.4 Å². The van der Waals surface area contributed by atoms with Crippen molar-refractivity contribution in [3.8, 4) is 5.75 Å². The van der Waals surface area contributed by atoms with Crippen LogP contribution in [0.3, 0.4) is 0 Å². The zero-order valence-corrected chi connectivity index (χ0v) is 19.3. The fraction of sp³-hybridized carbons (Fsp3) is 0.296. The van der Waals surface area contributed by atoms with Gasteiger partial charge in [0.1, 0.15) is 23.2 Å². The first-order chi connectivity index (χ1) is 16.6. The minimum absolute atomic E-state index is 0.204. The molecule has 0 atom stereocenters. The molecule has 0 radical (unpaired) electrons. The zero-order chi connectivity index (χ0) is 23.5. The lowest BCUT2D eigenvalue weighted by Crippen LogP contribution is -2.45. The molecule has 7 heteroatoms. The van der Waals surface area contributed by atoms with Crippen LogP contribution in [0.1, 0.15) is 17.0 Å². The summed E-state index contributed by atoms with van der Waals surface area (Å²) in [6, 6.07) is 19.8. The highest BCUT2D eigenvalue weighted by Gasteiger charge is 2.21. The molecule has 0 N–H and O–H groups in total. The van der Waals surface area contributed by atoms with E-state index in [2.05, 4.69) is 14.4 Å². The van der Waals surface area contributed by atoms with Gasteiger partial charge in [0.05, 0.1) is 31.2 Å². The third-order valence-corrected chi connectivity index (χ3v) is 6.50. The normalized spacial score (nSPS) is 15.1. The number of fused-ring (bicyclic) bond motifs is 1. The van der Waals surface area contributed by atoms with Crippen LogP contribution < -0.4 is 4.74 Å². The first-order valence-electron chi connectivity index (χ1n) is 11.6. The average Bonchev–Trinajstić information content (AvgIpc) is 3.20. The predicted octanol–water partition coefficient (Wildman–Crippen LogP) is 4.69. The highest BCUT2D eigenvalue weighted by molar-refractivity contribution is 5.76. The molecule has 176 valence electrons. The average molecular weight is 463 g/mol. The summed E-state index contributed by atoms with van der Waals surface area (Å²) in [4.78, 5) is 9.49. The number of imidazole rings is 1. The summed E-state index contributed by atoms with van der Waals surface area (Å²) in [6.45, 7) is 5.07. The standard InChI is InChI=1S/C27H28F2N4O/c1-34-22-10-11-24(29)21(16-22)17-31-12-14-32(15-13-31)19-27-30-25-8-4-5-9-26(25)33(27)18-20-6-2-3-7-23(20)28/h2-11,16H,12-15,17-19H2,1H3. The Balaban J connectivity index is 1.29. The Hall–Kier alpha value is -3.29. The van der Waals surface area contributed by atoms with Gasteiger partial charge in [0.15, 0.2) is 0 Å². The third kappa shape index (κ3) is 4.81. The number of hydrogen-bond donors (Lipinski definition) is 0. The van der Waals surface area contributed by atoms with E-state index in [-0.39, 0.29) is 11.6 Å². The Morgan fingerprint density at radius 2 is 1.44 bits per heavy atom. The van der Waals surface area contributed by atoms with Crippen LogP contribution in [0.25, 0.3) is 11.0 Å². The lowest BCUT2D eigenvalue weighted by atomic mass is 10.1. The van der Waals surface area contributed by atoms with Gasteiger partial charge >= 0.3 is 0 Å². The molecular formula is C27H28F2N4O. The highest BCUT2D eigenvalue weighted by atomic mass is 19.1. The van der Waals surface area contributed by atoms with E-state index in [0.29, 0.717) is 36.5 Å². The predicted molar refractivity (Wildman–Crippen MR) is 129 cm³/mol. The smallest absolute Gasteiger partial charge is 0.128 e. The Labute approximate surface area is 198 Å². The topological polar surface area (TPSA) is 33.5 Å². The first kappa shape index (κ1) is 22.5. The SMILES string of the molecule is COc1ccc(F)c(CN2CCN(Cc3nc4ccccc4n3Cc3ccccc3F)CC2)c1. The molecule has 1 aliphatic heterocycles. The molecule has 5 nitrogen and oxygen atoms in total. The second-order valence-electron chi connectivity index (χ2n) is 8.70. The van der Waals surface area contributed by atoms with Crippen molar-refractivity contribution < 1.29 is 13.5 Å². The minimum atomic E-state index is -0.204. The number of halogens is 2. The van der Waals surface area contributed by atoms with Crippen LogP contribution in [0.2, 0.25) is 0 Å². The number of hydrogen-bond acceptors (Lipinski definition) is 4. The molecule has 5 rings (SSSR count). The van der Waals surface area contributed by atoms with Crippen molar-refractivity contribution in [2.45, 2.75) is 19.6 Å². The Morgan fingerprint density at radius 3 is 2.21 bits per heavy atom. The second-order valence-corrected chi connectivity index (χ2v) is 8.70. The van der Waals surface area contributed by atoms with Crippen LogP contribution in [-0.2, 0) is 19.6 Å². The van der Waals surface area contributed by atoms with Gasteiger partial charge in [0.2, 0.25) is 0 Å². The van der Waals surface area contributed by atoms with E-state index < -0.39 is 0 Å². The first-order valence-corrected chi connectivity index (χ1v) is 11.6. The molecule has 0 saturated carbocycles. The summed E-state index contributed by atoms with van der Waals surface area (Å²) < 4.78 is 36.0. The van der Waals surface area contributed by atoms with Gasteiger partial charge in [-0.3, -0.25) is 9.80 Å². The fourth-order valence-electron chi connectivity index (χ4n) is 4.57. The maximum absolute atomic E-state index is 14.4. The van der Waals surface area contributed by atoms with Crippen LogP contribution in [0.15, 0.2) is 66.7 Å². The van der Waals surface area contributed by atoms with E-state index in [1.165, 1.54) is 12.1 Å². The van der Waals surface area contributed by atoms with Gasteiger partial charge in [-0.2, -0.15) is 0 Å². The summed E-state index contributed by atoms with van der Waals surface area (Å²) in [5.74, 6) is 1.19. The molecule has 4 aromatic rings. The molecule has 1 fully saturated rings. The largest absolute Gasteiger partial charge is 0.497 e. The molecule has 0 spiro atoms. The number of ether oxygens (including phenoxy) is 1. The molecule has 34 heavy (non-hydrogen) atoms. The van der Waals surface area contributed by atoms with Crippen molar-refractivity contribution in [1.29, 1.82) is 0 Å². The molecule has 0 amide bonds. The van der Waals surface area contributed by atoms with Gasteiger partial charge in [-0.1, -0.05) is 30.3 Å². The fourth-order valence-corrected chi connectivity index (χ4v) is 4.57. The monoisotopic (exact) mass is 462 g/mol. The van der Waals surface area contributed by atoms with Gasteiger partial charge in [-0.25, -0.2) is 13.8 Å². The van der Waals surface area contributed by atoms with Crippen LogP contribution in [0, 0.1) is 11.6 Å². The summed E-state index contributed by atoms with van der Waals surface area (Å²) >= 11 is 0. The summed E-state index contributed by atoms with van der Waals surface area (Å²) in [7, 11) is 1.59. The zero-order valence-electron chi connectivity index (χ0n) is 19.3. The molecule has 0 aliphatic carbocycles. The van der Waals surface area contributed by atoms with E-state index in [1.54, 1.807) is 25.3 Å². The van der Waals surface area contributed by atoms with E-state index in [9.17, 15) is 8.78 Å². The third-order valence-electron chi connectivity index (χ3n) is 6.50. The number of methoxy groups -OCH3 is 1. The molecule has 1 saturated heterocycles. The van der Waals surface area contributed by atoms with E-state index >= 15 is 0 Å². The van der Waals surface area contributed by atoms with Crippen LogP contribution >= 0.6 is 0 Å². The molecular weight excluding hydrogens is 434 g/mol. The maximum atomic E-state index is 14.4. The lowest BCUT2D eigenvalue weighted by molar-refractivity contribution is 0.118. The summed E-state index contributed by atoms with van der Waals surface area (Å²) in [5, 5.41) is 0. The van der Waals surface area contributed by atoms with Crippen molar-refractivity contribution in [3.63, 3.8) is 0 Å². The van der Waals surface area contributed by atoms with Crippen LogP contribution in [0.5, 0.6) is 5.75 Å². The van der Waals surface area contributed by atoms with Crippen molar-refractivity contribution >= 4 is 11.0 Å². The van der Waals surface area contributed by atoms with Gasteiger partial charge in [0.25, 0.3) is 0 Å². The number of para-hydroxylation sites is 2. The molecule has 1 aliphatic rings. The maximum Gasteiger partial charge on any atom is 0.128 e. The number of nitrogens with zero attached hydrogens (tertiary/aromatic N) is 4. The van der Waals surface area contributed by atoms with Gasteiger partial charge in [0, 0.05) is 43.9 Å². The van der Waals surface area contributed by atoms with E-state index in [1.807, 2.05) is 36.4 Å². The second kappa shape index (κ2) is 9.91. The van der Waals surface area contributed by atoms with Gasteiger partial charge in [-0.15, -0.1) is 0 Å². The van der Waals surface area contributed by atoms with Crippen LogP contribution in [-0.4, -0.2) is 52.6 Å². The van der Waals surface area contributed by atoms with Crippen molar-refractivity contribution in [2.24, 2.45) is 0 Å². The quantitative estimate of drug-likeness (QED) is 0.399. The molecule has 3 aromatic carbocycles. The summed E-state index contributed by atoms with van der Waals surface area (Å²) in [5.41, 5.74) is 3.23. The molecule has 0 bridgehead atoms. The minimum Gasteiger partial charge on any atom is -0.497 e. The molecule has 0 unspecified atom stereocenters. The van der Waals surface area contributed by atoms with E-state index in [0.717, 1.165) is 43.0 Å². The number of aromatic nitrogens is 2. The Morgan fingerprint density at radius 1 is 0.765 bits per heavy atom. The number of rotatable bonds is 7. The Kier molecular flexibility index (Phi) is 6.56. The summed E-state index contributed by atoms with van der Waals surface area (Å²) in [6.07, 6.45) is 0. The number of benzene rings is 3. The van der Waals surface area contributed by atoms with Crippen LogP contribution in [0.4, 0.5) is 8.78 Å².